The third-order valence-electron chi connectivity index (χ3n) is 7.08. The molecule has 0 N–H and O–H groups in total. The van der Waals surface area contributed by atoms with Gasteiger partial charge in [-0.05, 0) is 35.4 Å². The Hall–Kier alpha value is 0.177. The van der Waals surface area contributed by atoms with E-state index in [9.17, 15) is 0 Å². The van der Waals surface area contributed by atoms with E-state index in [2.05, 4.69) is 34.6 Å². The maximum atomic E-state index is 6.87. The predicted octanol–water partition coefficient (Wildman–Crippen LogP) is 6.93. The molecule has 0 amide bonds. The van der Waals surface area contributed by atoms with E-state index in [0.29, 0.717) is 0 Å². The Bertz CT molecular complexity index is 292. The van der Waals surface area contributed by atoms with Crippen LogP contribution in [-0.2, 0) is 4.43 Å². The van der Waals surface area contributed by atoms with Crippen LogP contribution in [0.4, 0.5) is 0 Å². The monoisotopic (exact) mass is 324 g/mol. The largest absolute Gasteiger partial charge is 0.416 e. The van der Waals surface area contributed by atoms with E-state index in [-0.39, 0.29) is 0 Å². The fourth-order valence-electron chi connectivity index (χ4n) is 5.51. The van der Waals surface area contributed by atoms with Gasteiger partial charge in [-0.3, -0.25) is 0 Å². The van der Waals surface area contributed by atoms with Crippen LogP contribution < -0.4 is 0 Å². The van der Waals surface area contributed by atoms with Crippen LogP contribution in [0.3, 0.4) is 0 Å². The first-order valence-corrected chi connectivity index (χ1v) is 12.3. The summed E-state index contributed by atoms with van der Waals surface area (Å²) >= 11 is 0. The normalized spacial score (nSPS) is 37.5. The second-order valence-electron chi connectivity index (χ2n) is 8.51. The lowest BCUT2D eigenvalue weighted by Crippen LogP contribution is -2.53. The van der Waals surface area contributed by atoms with Crippen LogP contribution in [0.15, 0.2) is 0 Å². The maximum absolute atomic E-state index is 6.87. The molecule has 130 valence electrons. The van der Waals surface area contributed by atoms with Crippen molar-refractivity contribution >= 4 is 8.32 Å². The van der Waals surface area contributed by atoms with Gasteiger partial charge in [-0.1, -0.05) is 85.5 Å². The van der Waals surface area contributed by atoms with Crippen molar-refractivity contribution in [3.8, 4) is 0 Å². The zero-order valence-corrected chi connectivity index (χ0v) is 16.9. The van der Waals surface area contributed by atoms with E-state index in [1.807, 2.05) is 0 Å². The molecule has 2 fully saturated rings. The van der Waals surface area contributed by atoms with Crippen LogP contribution in [0.5, 0.6) is 0 Å². The highest BCUT2D eigenvalue weighted by Gasteiger charge is 2.53. The molecule has 0 aliphatic heterocycles. The Morgan fingerprint density at radius 3 is 1.55 bits per heavy atom. The molecule has 2 heteroatoms. The standard InChI is InChI=1S/C20H40OSi/c1-6-18(5)22(21-7-2,19-12-8-16(3)9-13-19)20-14-10-17(4)11-15-20/h16-20H,6-15H2,1-5H3. The lowest BCUT2D eigenvalue weighted by Gasteiger charge is -2.51. The number of rotatable bonds is 6. The van der Waals surface area contributed by atoms with Gasteiger partial charge in [-0.15, -0.1) is 0 Å². The fourth-order valence-corrected chi connectivity index (χ4v) is 12.1. The fraction of sp³-hybridized carbons (Fsp3) is 1.00. The molecular weight excluding hydrogens is 284 g/mol. The van der Waals surface area contributed by atoms with Gasteiger partial charge in [-0.25, -0.2) is 0 Å². The molecule has 2 aliphatic rings. The maximum Gasteiger partial charge on any atom is 0.201 e. The molecule has 0 heterocycles. The van der Waals surface area contributed by atoms with Gasteiger partial charge < -0.3 is 4.43 Å². The molecule has 22 heavy (non-hydrogen) atoms. The molecule has 0 saturated heterocycles. The van der Waals surface area contributed by atoms with E-state index in [4.69, 9.17) is 4.43 Å². The van der Waals surface area contributed by atoms with Crippen molar-refractivity contribution in [3.63, 3.8) is 0 Å². The summed E-state index contributed by atoms with van der Waals surface area (Å²) < 4.78 is 6.87. The van der Waals surface area contributed by atoms with E-state index in [1.54, 1.807) is 0 Å². The molecule has 2 rings (SSSR count). The molecule has 0 aromatic heterocycles. The first-order chi connectivity index (χ1) is 10.5. The Labute approximate surface area is 140 Å². The van der Waals surface area contributed by atoms with Crippen LogP contribution in [0.2, 0.25) is 16.6 Å². The molecule has 1 nitrogen and oxygen atoms in total. The number of hydrogen-bond donors (Lipinski definition) is 0. The second kappa shape index (κ2) is 8.33. The highest BCUT2D eigenvalue weighted by atomic mass is 28.4. The molecule has 1 atom stereocenters. The summed E-state index contributed by atoms with van der Waals surface area (Å²) in [7, 11) is -1.66. The van der Waals surface area contributed by atoms with Crippen molar-refractivity contribution in [1.82, 2.24) is 0 Å². The zero-order chi connectivity index (χ0) is 16.2. The molecule has 0 spiro atoms. The van der Waals surface area contributed by atoms with E-state index < -0.39 is 8.32 Å². The van der Waals surface area contributed by atoms with E-state index in [0.717, 1.165) is 35.1 Å². The minimum Gasteiger partial charge on any atom is -0.416 e. The number of hydrogen-bond acceptors (Lipinski definition) is 1. The third-order valence-corrected chi connectivity index (χ3v) is 13.5. The summed E-state index contributed by atoms with van der Waals surface area (Å²) in [6.07, 6.45) is 13.0. The van der Waals surface area contributed by atoms with Crippen molar-refractivity contribution in [2.45, 2.75) is 109 Å². The molecule has 0 aromatic rings. The Balaban J connectivity index is 2.24. The van der Waals surface area contributed by atoms with Crippen molar-refractivity contribution in [1.29, 1.82) is 0 Å². The molecule has 2 aliphatic carbocycles. The summed E-state index contributed by atoms with van der Waals surface area (Å²) in [5.74, 6) is 1.90. The van der Waals surface area contributed by atoms with Crippen molar-refractivity contribution < 1.29 is 4.43 Å². The SMILES string of the molecule is CCO[Si](C(C)CC)(C1CCC(C)CC1)C1CCC(C)CC1. The Kier molecular flexibility index (Phi) is 7.01. The zero-order valence-electron chi connectivity index (χ0n) is 15.9. The van der Waals surface area contributed by atoms with E-state index >= 15 is 0 Å². The Morgan fingerprint density at radius 2 is 1.23 bits per heavy atom. The summed E-state index contributed by atoms with van der Waals surface area (Å²) in [6, 6.07) is 0. The molecule has 0 aromatic carbocycles. The quantitative estimate of drug-likeness (QED) is 0.481. The lowest BCUT2D eigenvalue weighted by molar-refractivity contribution is 0.244. The highest BCUT2D eigenvalue weighted by molar-refractivity contribution is 6.78. The van der Waals surface area contributed by atoms with Crippen LogP contribution in [0.1, 0.15) is 92.4 Å². The third kappa shape index (κ3) is 3.80. The van der Waals surface area contributed by atoms with Gasteiger partial charge in [-0.2, -0.15) is 0 Å². The van der Waals surface area contributed by atoms with Gasteiger partial charge in [0, 0.05) is 6.61 Å². The van der Waals surface area contributed by atoms with Crippen LogP contribution in [-0.4, -0.2) is 14.9 Å². The predicted molar refractivity (Wildman–Crippen MR) is 99.9 cm³/mol. The van der Waals surface area contributed by atoms with Gasteiger partial charge in [0.25, 0.3) is 0 Å². The molecule has 0 radical (unpaired) electrons. The summed E-state index contributed by atoms with van der Waals surface area (Å²) in [6.45, 7) is 13.0. The topological polar surface area (TPSA) is 9.23 Å². The second-order valence-corrected chi connectivity index (χ2v) is 13.1. The summed E-state index contributed by atoms with van der Waals surface area (Å²) in [4.78, 5) is 0. The van der Waals surface area contributed by atoms with Crippen LogP contribution >= 0.6 is 0 Å². The van der Waals surface area contributed by atoms with Crippen molar-refractivity contribution in [2.24, 2.45) is 11.8 Å². The lowest BCUT2D eigenvalue weighted by atomic mass is 9.90. The highest BCUT2D eigenvalue weighted by Crippen LogP contribution is 2.55. The first kappa shape index (κ1) is 18.5. The van der Waals surface area contributed by atoms with Gasteiger partial charge in [0.2, 0.25) is 8.32 Å². The molecule has 2 saturated carbocycles. The Morgan fingerprint density at radius 1 is 0.818 bits per heavy atom. The average molecular weight is 325 g/mol. The average Bonchev–Trinajstić information content (AvgIpc) is 2.54. The molecule has 1 unspecified atom stereocenters. The first-order valence-electron chi connectivity index (χ1n) is 10.2. The minimum absolute atomic E-state index is 0.837. The van der Waals surface area contributed by atoms with Gasteiger partial charge >= 0.3 is 0 Å². The van der Waals surface area contributed by atoms with Crippen molar-refractivity contribution in [3.05, 3.63) is 0 Å². The van der Waals surface area contributed by atoms with Gasteiger partial charge in [0.15, 0.2) is 0 Å². The van der Waals surface area contributed by atoms with Gasteiger partial charge in [0.1, 0.15) is 0 Å². The van der Waals surface area contributed by atoms with E-state index in [1.165, 1.54) is 57.8 Å². The summed E-state index contributed by atoms with van der Waals surface area (Å²) in [5, 5.41) is 0. The summed E-state index contributed by atoms with van der Waals surface area (Å²) in [5.41, 5.74) is 2.72. The van der Waals surface area contributed by atoms with Crippen LogP contribution in [0.25, 0.3) is 0 Å². The van der Waals surface area contributed by atoms with Crippen LogP contribution in [0, 0.1) is 11.8 Å². The van der Waals surface area contributed by atoms with Gasteiger partial charge in [0.05, 0.1) is 0 Å². The minimum atomic E-state index is -1.66. The molecular formula is C20H40OSi. The van der Waals surface area contributed by atoms with Crippen molar-refractivity contribution in [2.75, 3.05) is 6.61 Å². The molecule has 0 bridgehead atoms. The smallest absolute Gasteiger partial charge is 0.201 e.